The van der Waals surface area contributed by atoms with Crippen molar-refractivity contribution in [1.29, 1.82) is 0 Å². The van der Waals surface area contributed by atoms with Crippen LogP contribution < -0.4 is 0 Å². The largest absolute Gasteiger partial charge is 0.232 e. The second-order valence-corrected chi connectivity index (χ2v) is 12.0. The maximum atomic E-state index is 4.32. The Morgan fingerprint density at radius 3 is 2.65 bits per heavy atom. The van der Waals surface area contributed by atoms with Crippen LogP contribution in [0.25, 0.3) is 11.0 Å². The van der Waals surface area contributed by atoms with Crippen molar-refractivity contribution in [3.8, 4) is 0 Å². The number of thioether (sulfide) groups is 1. The van der Waals surface area contributed by atoms with Crippen LogP contribution in [0.5, 0.6) is 0 Å². The molecule has 0 N–H and O–H groups in total. The highest BCUT2D eigenvalue weighted by molar-refractivity contribution is 7.98. The summed E-state index contributed by atoms with van der Waals surface area (Å²) in [5.41, 5.74) is 2.13. The van der Waals surface area contributed by atoms with E-state index in [0.717, 1.165) is 11.0 Å². The molecule has 2 aromatic rings. The van der Waals surface area contributed by atoms with E-state index in [1.807, 2.05) is 30.0 Å². The number of hydrogen-bond donors (Lipinski definition) is 0. The van der Waals surface area contributed by atoms with Crippen molar-refractivity contribution in [2.75, 3.05) is 6.26 Å². The van der Waals surface area contributed by atoms with Gasteiger partial charge < -0.3 is 0 Å². The van der Waals surface area contributed by atoms with Gasteiger partial charge in [0.15, 0.2) is 0 Å². The molecular formula is C12H19N3SSi. The average molecular weight is 265 g/mol. The van der Waals surface area contributed by atoms with Gasteiger partial charge in [-0.05, 0) is 24.4 Å². The van der Waals surface area contributed by atoms with Crippen LogP contribution in [0.15, 0.2) is 24.3 Å². The summed E-state index contributed by atoms with van der Waals surface area (Å²) in [4.78, 5) is 0. The Balaban J connectivity index is 2.37. The third kappa shape index (κ3) is 2.90. The SMILES string of the molecule is CSC(C[Si](C)(C)C)n1nnc2ccccc21. The van der Waals surface area contributed by atoms with Crippen molar-refractivity contribution in [1.82, 2.24) is 15.0 Å². The van der Waals surface area contributed by atoms with Gasteiger partial charge in [-0.15, -0.1) is 16.9 Å². The average Bonchev–Trinajstić information content (AvgIpc) is 2.68. The molecule has 0 amide bonds. The lowest BCUT2D eigenvalue weighted by Crippen LogP contribution is -2.24. The van der Waals surface area contributed by atoms with Gasteiger partial charge in [-0.3, -0.25) is 0 Å². The van der Waals surface area contributed by atoms with Gasteiger partial charge in [0.25, 0.3) is 0 Å². The molecule has 1 aromatic heterocycles. The van der Waals surface area contributed by atoms with E-state index >= 15 is 0 Å². The lowest BCUT2D eigenvalue weighted by molar-refractivity contribution is 0.626. The smallest absolute Gasteiger partial charge is 0.113 e. The zero-order valence-corrected chi connectivity index (χ0v) is 12.7. The normalized spacial score (nSPS) is 14.1. The molecule has 2 rings (SSSR count). The van der Waals surface area contributed by atoms with Crippen molar-refractivity contribution in [2.24, 2.45) is 0 Å². The van der Waals surface area contributed by atoms with E-state index in [1.54, 1.807) is 0 Å². The summed E-state index contributed by atoms with van der Waals surface area (Å²) in [6.07, 6.45) is 2.15. The summed E-state index contributed by atoms with van der Waals surface area (Å²) in [5.74, 6) is 0. The van der Waals surface area contributed by atoms with Gasteiger partial charge in [-0.1, -0.05) is 37.0 Å². The van der Waals surface area contributed by atoms with Crippen LogP contribution in [0.1, 0.15) is 5.37 Å². The summed E-state index contributed by atoms with van der Waals surface area (Å²) >= 11 is 1.86. The number of hydrogen-bond acceptors (Lipinski definition) is 3. The summed E-state index contributed by atoms with van der Waals surface area (Å²) in [7, 11) is -1.09. The first-order chi connectivity index (χ1) is 8.01. The summed E-state index contributed by atoms with van der Waals surface area (Å²) in [6.45, 7) is 7.19. The van der Waals surface area contributed by atoms with Crippen LogP contribution in [0, 0.1) is 0 Å². The van der Waals surface area contributed by atoms with Crippen LogP contribution in [-0.4, -0.2) is 29.3 Å². The van der Waals surface area contributed by atoms with Crippen LogP contribution in [-0.2, 0) is 0 Å². The number of para-hydroxylation sites is 1. The number of aromatic nitrogens is 3. The monoisotopic (exact) mass is 265 g/mol. The molecule has 0 saturated heterocycles. The molecule has 1 unspecified atom stereocenters. The van der Waals surface area contributed by atoms with E-state index in [4.69, 9.17) is 0 Å². The van der Waals surface area contributed by atoms with Crippen LogP contribution in [0.3, 0.4) is 0 Å². The van der Waals surface area contributed by atoms with Gasteiger partial charge in [0, 0.05) is 8.07 Å². The maximum absolute atomic E-state index is 4.32. The standard InChI is InChI=1S/C12H19N3SSi/c1-16-12(9-17(2,3)4)15-11-8-6-5-7-10(11)13-14-15/h5-8,12H,9H2,1-4H3. The Hall–Kier alpha value is -0.813. The molecule has 17 heavy (non-hydrogen) atoms. The van der Waals surface area contributed by atoms with Gasteiger partial charge in [0.2, 0.25) is 0 Å². The van der Waals surface area contributed by atoms with E-state index in [0.29, 0.717) is 5.37 Å². The molecule has 0 saturated carbocycles. The van der Waals surface area contributed by atoms with E-state index in [-0.39, 0.29) is 0 Å². The van der Waals surface area contributed by atoms with Crippen molar-refractivity contribution >= 4 is 30.9 Å². The van der Waals surface area contributed by atoms with Gasteiger partial charge in [-0.25, -0.2) is 4.68 Å². The van der Waals surface area contributed by atoms with Crippen molar-refractivity contribution in [2.45, 2.75) is 31.1 Å². The van der Waals surface area contributed by atoms with Gasteiger partial charge in [-0.2, -0.15) is 0 Å². The number of rotatable bonds is 4. The molecule has 92 valence electrons. The predicted octanol–water partition coefficient (Wildman–Crippen LogP) is 3.63. The second-order valence-electron chi connectivity index (χ2n) is 5.48. The van der Waals surface area contributed by atoms with E-state index in [1.165, 1.54) is 6.04 Å². The first kappa shape index (κ1) is 12.6. The molecule has 1 atom stereocenters. The molecule has 0 aliphatic heterocycles. The molecule has 0 bridgehead atoms. The summed E-state index contributed by atoms with van der Waals surface area (Å²) < 4.78 is 2.08. The third-order valence-electron chi connectivity index (χ3n) is 2.71. The molecule has 0 aliphatic carbocycles. The Morgan fingerprint density at radius 1 is 1.29 bits per heavy atom. The van der Waals surface area contributed by atoms with E-state index < -0.39 is 8.07 Å². The number of nitrogens with zero attached hydrogens (tertiary/aromatic N) is 3. The Labute approximate surface area is 108 Å². The molecule has 0 spiro atoms. The first-order valence-electron chi connectivity index (χ1n) is 5.84. The number of fused-ring (bicyclic) bond motifs is 1. The second kappa shape index (κ2) is 4.82. The minimum atomic E-state index is -1.09. The van der Waals surface area contributed by atoms with Crippen molar-refractivity contribution in [3.05, 3.63) is 24.3 Å². The van der Waals surface area contributed by atoms with Crippen molar-refractivity contribution in [3.63, 3.8) is 0 Å². The molecule has 0 aliphatic rings. The molecule has 1 heterocycles. The fourth-order valence-electron chi connectivity index (χ4n) is 1.89. The van der Waals surface area contributed by atoms with Gasteiger partial charge in [0.05, 0.1) is 10.9 Å². The molecular weight excluding hydrogens is 246 g/mol. The topological polar surface area (TPSA) is 30.7 Å². The zero-order chi connectivity index (χ0) is 12.5. The highest BCUT2D eigenvalue weighted by Crippen LogP contribution is 2.31. The van der Waals surface area contributed by atoms with Crippen LogP contribution in [0.4, 0.5) is 0 Å². The van der Waals surface area contributed by atoms with E-state index in [2.05, 4.69) is 47.0 Å². The van der Waals surface area contributed by atoms with Crippen molar-refractivity contribution < 1.29 is 0 Å². The quantitative estimate of drug-likeness (QED) is 0.791. The summed E-state index contributed by atoms with van der Waals surface area (Å²) in [5, 5.41) is 8.96. The fourth-order valence-corrected chi connectivity index (χ4v) is 5.64. The molecule has 5 heteroatoms. The Kier molecular flexibility index (Phi) is 3.58. The predicted molar refractivity (Wildman–Crippen MR) is 78.2 cm³/mol. The fraction of sp³-hybridized carbons (Fsp3) is 0.500. The molecule has 1 aromatic carbocycles. The maximum Gasteiger partial charge on any atom is 0.113 e. The van der Waals surface area contributed by atoms with Crippen LogP contribution in [0.2, 0.25) is 25.7 Å². The highest BCUT2D eigenvalue weighted by atomic mass is 32.2. The third-order valence-corrected chi connectivity index (χ3v) is 5.53. The summed E-state index contributed by atoms with van der Waals surface area (Å²) in [6, 6.07) is 9.40. The van der Waals surface area contributed by atoms with Crippen LogP contribution >= 0.6 is 11.8 Å². The number of benzene rings is 1. The lowest BCUT2D eigenvalue weighted by Gasteiger charge is -2.23. The Morgan fingerprint density at radius 2 is 2.00 bits per heavy atom. The zero-order valence-electron chi connectivity index (χ0n) is 10.8. The van der Waals surface area contributed by atoms with Gasteiger partial charge in [0.1, 0.15) is 5.52 Å². The van der Waals surface area contributed by atoms with Gasteiger partial charge >= 0.3 is 0 Å². The van der Waals surface area contributed by atoms with E-state index in [9.17, 15) is 0 Å². The highest BCUT2D eigenvalue weighted by Gasteiger charge is 2.23. The molecule has 3 nitrogen and oxygen atoms in total. The Bertz CT molecular complexity index is 504. The minimum absolute atomic E-state index is 0.411. The lowest BCUT2D eigenvalue weighted by atomic mass is 10.3. The minimum Gasteiger partial charge on any atom is -0.232 e. The molecule has 0 fully saturated rings. The molecule has 0 radical (unpaired) electrons. The first-order valence-corrected chi connectivity index (χ1v) is 10.8.